The molecule has 1 fully saturated rings. The third-order valence-corrected chi connectivity index (χ3v) is 4.23. The molecule has 0 amide bonds. The van der Waals surface area contributed by atoms with Gasteiger partial charge < -0.3 is 15.7 Å². The van der Waals surface area contributed by atoms with Crippen LogP contribution in [0.5, 0.6) is 5.75 Å². The smallest absolute Gasteiger partial charge is 0.458 e. The molecule has 0 spiro atoms. The highest BCUT2D eigenvalue weighted by Crippen LogP contribution is 2.31. The third kappa shape index (κ3) is 5.11. The molecule has 3 N–H and O–H groups in total. The summed E-state index contributed by atoms with van der Waals surface area (Å²) >= 11 is 0. The second-order valence-corrected chi connectivity index (χ2v) is 6.43. The Morgan fingerprint density at radius 1 is 1.26 bits per heavy atom. The number of phenolic OH excluding ortho intramolecular Hbond substituents is 1. The number of piperidine rings is 1. The van der Waals surface area contributed by atoms with Crippen LogP contribution in [0, 0.1) is 18.8 Å². The van der Waals surface area contributed by atoms with Crippen LogP contribution < -0.4 is 10.6 Å². The van der Waals surface area contributed by atoms with Crippen molar-refractivity contribution in [2.75, 3.05) is 18.4 Å². The van der Waals surface area contributed by atoms with Gasteiger partial charge in [-0.3, -0.25) is 0 Å². The summed E-state index contributed by atoms with van der Waals surface area (Å²) in [5, 5.41) is 25.2. The van der Waals surface area contributed by atoms with Crippen LogP contribution in [-0.2, 0) is 0 Å². The van der Waals surface area contributed by atoms with Crippen molar-refractivity contribution in [1.29, 1.82) is 0 Å². The van der Waals surface area contributed by atoms with Crippen LogP contribution in [0.2, 0.25) is 0 Å². The van der Waals surface area contributed by atoms with E-state index in [4.69, 9.17) is 0 Å². The monoisotopic (exact) mass is 376 g/mol. The van der Waals surface area contributed by atoms with E-state index < -0.39 is 6.18 Å². The normalized spacial score (nSPS) is 17.1. The lowest BCUT2D eigenvalue weighted by molar-refractivity contribution is -0.0696. The van der Waals surface area contributed by atoms with Crippen molar-refractivity contribution in [2.24, 2.45) is 0 Å². The van der Waals surface area contributed by atoms with Gasteiger partial charge in [0.1, 0.15) is 11.6 Å². The van der Waals surface area contributed by atoms with Gasteiger partial charge in [-0.05, 0) is 56.1 Å². The molecule has 0 radical (unpaired) electrons. The summed E-state index contributed by atoms with van der Waals surface area (Å²) in [5.74, 6) is 3.62. The van der Waals surface area contributed by atoms with Crippen LogP contribution in [0.3, 0.4) is 0 Å². The molecular formula is C19H19F3N4O. The van der Waals surface area contributed by atoms with Gasteiger partial charge >= 0.3 is 6.18 Å². The maximum atomic E-state index is 12.2. The fourth-order valence-electron chi connectivity index (χ4n) is 2.96. The first-order valence-electron chi connectivity index (χ1n) is 8.57. The average Bonchev–Trinajstić information content (AvgIpc) is 2.61. The highest BCUT2D eigenvalue weighted by atomic mass is 19.4. The fraction of sp³-hybridized carbons (Fsp3) is 0.368. The lowest BCUT2D eigenvalue weighted by Crippen LogP contribution is -2.38. The number of phenols is 1. The Morgan fingerprint density at radius 3 is 2.70 bits per heavy atom. The van der Waals surface area contributed by atoms with Gasteiger partial charge in [-0.1, -0.05) is 5.92 Å². The van der Waals surface area contributed by atoms with Crippen LogP contribution in [0.25, 0.3) is 11.3 Å². The fourth-order valence-corrected chi connectivity index (χ4v) is 2.96. The van der Waals surface area contributed by atoms with Gasteiger partial charge in [0, 0.05) is 29.6 Å². The third-order valence-electron chi connectivity index (χ3n) is 4.23. The number of hydrogen-bond donors (Lipinski definition) is 3. The molecule has 2 heterocycles. The first-order chi connectivity index (χ1) is 12.8. The van der Waals surface area contributed by atoms with Crippen molar-refractivity contribution in [3.8, 4) is 28.8 Å². The van der Waals surface area contributed by atoms with E-state index in [1.165, 1.54) is 24.1 Å². The number of nitrogens with one attached hydrogen (secondary N) is 2. The Labute approximate surface area is 155 Å². The molecule has 1 saturated heterocycles. The Bertz CT molecular complexity index is 881. The van der Waals surface area contributed by atoms with Gasteiger partial charge in [-0.2, -0.15) is 13.2 Å². The largest absolute Gasteiger partial charge is 0.507 e. The van der Waals surface area contributed by atoms with Crippen molar-refractivity contribution < 1.29 is 18.3 Å². The van der Waals surface area contributed by atoms with Crippen LogP contribution in [0.15, 0.2) is 24.3 Å². The second-order valence-electron chi connectivity index (χ2n) is 6.43. The highest BCUT2D eigenvalue weighted by molar-refractivity contribution is 5.71. The molecule has 0 saturated carbocycles. The first-order valence-corrected chi connectivity index (χ1v) is 8.57. The number of rotatable bonds is 3. The minimum absolute atomic E-state index is 0.0715. The molecule has 1 atom stereocenters. The predicted octanol–water partition coefficient (Wildman–Crippen LogP) is 3.24. The van der Waals surface area contributed by atoms with Gasteiger partial charge in [-0.15, -0.1) is 10.2 Å². The summed E-state index contributed by atoms with van der Waals surface area (Å²) < 4.78 is 36.5. The molecule has 27 heavy (non-hydrogen) atoms. The van der Waals surface area contributed by atoms with E-state index >= 15 is 0 Å². The van der Waals surface area contributed by atoms with E-state index in [-0.39, 0.29) is 17.4 Å². The van der Waals surface area contributed by atoms with Crippen molar-refractivity contribution >= 4 is 5.82 Å². The summed E-state index contributed by atoms with van der Waals surface area (Å²) in [6.07, 6.45) is -2.43. The maximum Gasteiger partial charge on any atom is 0.458 e. The van der Waals surface area contributed by atoms with Crippen molar-refractivity contribution in [3.63, 3.8) is 0 Å². The number of benzene rings is 1. The number of halogens is 3. The Kier molecular flexibility index (Phi) is 5.51. The molecule has 0 aliphatic carbocycles. The van der Waals surface area contributed by atoms with Crippen LogP contribution >= 0.6 is 0 Å². The first kappa shape index (κ1) is 19.0. The van der Waals surface area contributed by atoms with Gasteiger partial charge in [0.2, 0.25) is 0 Å². The van der Waals surface area contributed by atoms with Gasteiger partial charge in [-0.25, -0.2) is 0 Å². The molecule has 2 aromatic rings. The van der Waals surface area contributed by atoms with Crippen LogP contribution in [0.4, 0.5) is 19.0 Å². The molecule has 5 nitrogen and oxygen atoms in total. The molecular weight excluding hydrogens is 357 g/mol. The van der Waals surface area contributed by atoms with Crippen LogP contribution in [0.1, 0.15) is 24.0 Å². The van der Waals surface area contributed by atoms with Gasteiger partial charge in [0.05, 0.1) is 5.69 Å². The summed E-state index contributed by atoms with van der Waals surface area (Å²) in [6.45, 7) is 3.72. The Hall–Kier alpha value is -2.79. The minimum Gasteiger partial charge on any atom is -0.507 e. The topological polar surface area (TPSA) is 70.1 Å². The SMILES string of the molecule is Cc1cc(N[C@@H]2CCCNC2)nnc1-c1ccc(C#CC(F)(F)F)cc1O. The van der Waals surface area contributed by atoms with Crippen molar-refractivity contribution in [3.05, 3.63) is 35.4 Å². The Morgan fingerprint density at radius 2 is 2.07 bits per heavy atom. The number of anilines is 1. The molecule has 142 valence electrons. The predicted molar refractivity (Wildman–Crippen MR) is 96.3 cm³/mol. The molecule has 1 aromatic carbocycles. The van der Waals surface area contributed by atoms with Gasteiger partial charge in [0.15, 0.2) is 0 Å². The van der Waals surface area contributed by atoms with Crippen LogP contribution in [-0.4, -0.2) is 40.6 Å². The molecule has 8 heteroatoms. The lowest BCUT2D eigenvalue weighted by atomic mass is 10.0. The maximum absolute atomic E-state index is 12.2. The van der Waals surface area contributed by atoms with E-state index in [9.17, 15) is 18.3 Å². The number of aryl methyl sites for hydroxylation is 1. The second kappa shape index (κ2) is 7.84. The Balaban J connectivity index is 1.80. The van der Waals surface area contributed by atoms with E-state index in [0.29, 0.717) is 17.1 Å². The zero-order valence-electron chi connectivity index (χ0n) is 14.7. The minimum atomic E-state index is -4.58. The summed E-state index contributed by atoms with van der Waals surface area (Å²) in [4.78, 5) is 0. The zero-order chi connectivity index (χ0) is 19.4. The molecule has 1 aromatic heterocycles. The highest BCUT2D eigenvalue weighted by Gasteiger charge is 2.23. The van der Waals surface area contributed by atoms with E-state index in [0.717, 1.165) is 31.5 Å². The average molecular weight is 376 g/mol. The molecule has 0 unspecified atom stereocenters. The number of nitrogens with zero attached hydrogens (tertiary/aromatic N) is 2. The summed E-state index contributed by atoms with van der Waals surface area (Å²) in [7, 11) is 0. The lowest BCUT2D eigenvalue weighted by Gasteiger charge is -2.24. The molecule has 3 rings (SSSR count). The van der Waals surface area contributed by atoms with Crippen molar-refractivity contribution in [1.82, 2.24) is 15.5 Å². The zero-order valence-corrected chi connectivity index (χ0v) is 14.7. The summed E-state index contributed by atoms with van der Waals surface area (Å²) in [5.41, 5.74) is 1.72. The number of alkyl halides is 3. The van der Waals surface area contributed by atoms with E-state index in [1.807, 2.05) is 18.9 Å². The molecule has 1 aliphatic rings. The van der Waals surface area contributed by atoms with Crippen molar-refractivity contribution in [2.45, 2.75) is 32.0 Å². The number of hydrogen-bond acceptors (Lipinski definition) is 5. The number of aromatic hydroxyl groups is 1. The van der Waals surface area contributed by atoms with E-state index in [2.05, 4.69) is 20.8 Å². The number of aromatic nitrogens is 2. The molecule has 0 bridgehead atoms. The van der Waals surface area contributed by atoms with E-state index in [1.54, 1.807) is 0 Å². The summed E-state index contributed by atoms with van der Waals surface area (Å²) in [6, 6.07) is 6.22. The van der Waals surface area contributed by atoms with Gasteiger partial charge in [0.25, 0.3) is 0 Å². The molecule has 1 aliphatic heterocycles. The quantitative estimate of drug-likeness (QED) is 0.718. The standard InChI is InChI=1S/C19H19F3N4O/c1-12-9-17(24-14-3-2-8-23-11-14)25-26-18(12)15-5-4-13(10-16(15)27)6-7-19(20,21)22/h4-5,9-10,14,23,27H,2-3,8,11H2,1H3,(H,24,25)/t14-/m1/s1.